The molecule has 106 valence electrons. The second-order valence-electron chi connectivity index (χ2n) is 5.59. The van der Waals surface area contributed by atoms with Crippen LogP contribution in [0.4, 0.5) is 5.69 Å². The SMILES string of the molecule is CC(CNc1ccccc1)N(C)CC1CCOCC1. The van der Waals surface area contributed by atoms with E-state index in [0.29, 0.717) is 6.04 Å². The van der Waals surface area contributed by atoms with E-state index >= 15 is 0 Å². The molecular formula is C16H26N2O. The van der Waals surface area contributed by atoms with Gasteiger partial charge in [0.25, 0.3) is 0 Å². The lowest BCUT2D eigenvalue weighted by molar-refractivity contribution is 0.0520. The lowest BCUT2D eigenvalue weighted by atomic mass is 9.99. The lowest BCUT2D eigenvalue weighted by Crippen LogP contribution is -2.39. The maximum Gasteiger partial charge on any atom is 0.0469 e. The van der Waals surface area contributed by atoms with Crippen molar-refractivity contribution >= 4 is 5.69 Å². The van der Waals surface area contributed by atoms with Gasteiger partial charge in [-0.15, -0.1) is 0 Å². The zero-order valence-corrected chi connectivity index (χ0v) is 12.1. The summed E-state index contributed by atoms with van der Waals surface area (Å²) < 4.78 is 5.42. The monoisotopic (exact) mass is 262 g/mol. The summed E-state index contributed by atoms with van der Waals surface area (Å²) in [5.74, 6) is 0.804. The minimum Gasteiger partial charge on any atom is -0.383 e. The molecule has 0 radical (unpaired) electrons. The summed E-state index contributed by atoms with van der Waals surface area (Å²) in [6.07, 6.45) is 2.42. The van der Waals surface area contributed by atoms with E-state index in [2.05, 4.69) is 48.5 Å². The van der Waals surface area contributed by atoms with Crippen LogP contribution in [0, 0.1) is 5.92 Å². The van der Waals surface area contributed by atoms with E-state index in [4.69, 9.17) is 4.74 Å². The molecule has 3 nitrogen and oxygen atoms in total. The molecule has 1 aliphatic heterocycles. The van der Waals surface area contributed by atoms with Crippen molar-refractivity contribution in [1.82, 2.24) is 4.90 Å². The molecule has 3 heteroatoms. The van der Waals surface area contributed by atoms with Gasteiger partial charge in [0.15, 0.2) is 0 Å². The van der Waals surface area contributed by atoms with E-state index in [1.165, 1.54) is 25.1 Å². The van der Waals surface area contributed by atoms with Crippen molar-refractivity contribution < 1.29 is 4.74 Å². The third-order valence-corrected chi connectivity index (χ3v) is 4.01. The fourth-order valence-electron chi connectivity index (χ4n) is 2.49. The molecular weight excluding hydrogens is 236 g/mol. The first-order valence-electron chi connectivity index (χ1n) is 7.32. The van der Waals surface area contributed by atoms with E-state index in [9.17, 15) is 0 Å². The molecule has 0 aliphatic carbocycles. The van der Waals surface area contributed by atoms with Gasteiger partial charge in [-0.05, 0) is 44.9 Å². The minimum atomic E-state index is 0.544. The van der Waals surface area contributed by atoms with Crippen LogP contribution in [0.15, 0.2) is 30.3 Å². The summed E-state index contributed by atoms with van der Waals surface area (Å²) >= 11 is 0. The molecule has 1 aromatic rings. The summed E-state index contributed by atoms with van der Waals surface area (Å²) in [6, 6.07) is 11.0. The summed E-state index contributed by atoms with van der Waals surface area (Å²) in [5.41, 5.74) is 1.20. The van der Waals surface area contributed by atoms with Crippen molar-refractivity contribution in [3.8, 4) is 0 Å². The van der Waals surface area contributed by atoms with Gasteiger partial charge in [0.05, 0.1) is 0 Å². The fourth-order valence-corrected chi connectivity index (χ4v) is 2.49. The predicted octanol–water partition coefficient (Wildman–Crippen LogP) is 2.85. The highest BCUT2D eigenvalue weighted by atomic mass is 16.5. The number of hydrogen-bond donors (Lipinski definition) is 1. The second-order valence-corrected chi connectivity index (χ2v) is 5.59. The summed E-state index contributed by atoms with van der Waals surface area (Å²) in [6.45, 7) is 6.34. The predicted molar refractivity (Wildman–Crippen MR) is 80.6 cm³/mol. The van der Waals surface area contributed by atoms with Crippen molar-refractivity contribution in [2.45, 2.75) is 25.8 Å². The molecule has 0 amide bonds. The van der Waals surface area contributed by atoms with Crippen LogP contribution in [-0.4, -0.2) is 44.3 Å². The highest BCUT2D eigenvalue weighted by molar-refractivity contribution is 5.42. The zero-order valence-electron chi connectivity index (χ0n) is 12.1. The quantitative estimate of drug-likeness (QED) is 0.853. The van der Waals surface area contributed by atoms with Gasteiger partial charge in [0.1, 0.15) is 0 Å². The van der Waals surface area contributed by atoms with Gasteiger partial charge in [0.2, 0.25) is 0 Å². The Morgan fingerprint density at radius 2 is 1.95 bits per heavy atom. The maximum absolute atomic E-state index is 5.42. The third-order valence-electron chi connectivity index (χ3n) is 4.01. The second kappa shape index (κ2) is 7.51. The lowest BCUT2D eigenvalue weighted by Gasteiger charge is -2.31. The largest absolute Gasteiger partial charge is 0.383 e. The number of nitrogens with zero attached hydrogens (tertiary/aromatic N) is 1. The molecule has 0 saturated carbocycles. The van der Waals surface area contributed by atoms with Crippen LogP contribution >= 0.6 is 0 Å². The van der Waals surface area contributed by atoms with Gasteiger partial charge >= 0.3 is 0 Å². The number of benzene rings is 1. The number of likely N-dealkylation sites (N-methyl/N-ethyl adjacent to an activating group) is 1. The molecule has 1 aromatic carbocycles. The highest BCUT2D eigenvalue weighted by Gasteiger charge is 2.18. The van der Waals surface area contributed by atoms with E-state index in [1.54, 1.807) is 0 Å². The number of ether oxygens (including phenoxy) is 1. The van der Waals surface area contributed by atoms with Gasteiger partial charge < -0.3 is 15.0 Å². The van der Waals surface area contributed by atoms with E-state index in [1.807, 2.05) is 6.07 Å². The fraction of sp³-hybridized carbons (Fsp3) is 0.625. The smallest absolute Gasteiger partial charge is 0.0469 e. The molecule has 0 spiro atoms. The van der Waals surface area contributed by atoms with Crippen molar-refractivity contribution in [2.75, 3.05) is 38.7 Å². The number of hydrogen-bond acceptors (Lipinski definition) is 3. The summed E-state index contributed by atoms with van der Waals surface area (Å²) in [4.78, 5) is 2.46. The highest BCUT2D eigenvalue weighted by Crippen LogP contribution is 2.16. The Morgan fingerprint density at radius 3 is 2.63 bits per heavy atom. The Bertz CT molecular complexity index is 349. The number of rotatable bonds is 6. The van der Waals surface area contributed by atoms with Gasteiger partial charge in [-0.2, -0.15) is 0 Å². The number of nitrogens with one attached hydrogen (secondary N) is 1. The molecule has 0 bridgehead atoms. The molecule has 1 aliphatic rings. The number of anilines is 1. The standard InChI is InChI=1S/C16H26N2O/c1-14(12-17-16-6-4-3-5-7-16)18(2)13-15-8-10-19-11-9-15/h3-7,14-15,17H,8-13H2,1-2H3. The van der Waals surface area contributed by atoms with Crippen molar-refractivity contribution in [3.05, 3.63) is 30.3 Å². The Hall–Kier alpha value is -1.06. The molecule has 19 heavy (non-hydrogen) atoms. The first-order chi connectivity index (χ1) is 9.25. The molecule has 2 rings (SSSR count). The van der Waals surface area contributed by atoms with Crippen molar-refractivity contribution in [3.63, 3.8) is 0 Å². The van der Waals surface area contributed by atoms with Crippen LogP contribution in [-0.2, 0) is 4.74 Å². The molecule has 1 unspecified atom stereocenters. The Kier molecular flexibility index (Phi) is 5.67. The zero-order chi connectivity index (χ0) is 13.5. The van der Waals surface area contributed by atoms with Gasteiger partial charge in [0, 0.05) is 38.0 Å². The Morgan fingerprint density at radius 1 is 1.26 bits per heavy atom. The Labute approximate surface area is 116 Å². The van der Waals surface area contributed by atoms with Crippen molar-refractivity contribution in [2.24, 2.45) is 5.92 Å². The average Bonchev–Trinajstić information content (AvgIpc) is 2.47. The molecule has 1 heterocycles. The summed E-state index contributed by atoms with van der Waals surface area (Å²) in [7, 11) is 2.23. The van der Waals surface area contributed by atoms with Gasteiger partial charge in [-0.1, -0.05) is 18.2 Å². The van der Waals surface area contributed by atoms with Crippen LogP contribution in [0.25, 0.3) is 0 Å². The molecule has 1 atom stereocenters. The first kappa shape index (κ1) is 14.4. The van der Waals surface area contributed by atoms with Crippen LogP contribution in [0.3, 0.4) is 0 Å². The van der Waals surface area contributed by atoms with Crippen LogP contribution in [0.2, 0.25) is 0 Å². The molecule has 1 N–H and O–H groups in total. The Balaban J connectivity index is 1.71. The first-order valence-corrected chi connectivity index (χ1v) is 7.32. The summed E-state index contributed by atoms with van der Waals surface area (Å²) in [5, 5.41) is 3.50. The maximum atomic E-state index is 5.42. The molecule has 1 fully saturated rings. The van der Waals surface area contributed by atoms with Crippen LogP contribution in [0.1, 0.15) is 19.8 Å². The average molecular weight is 262 g/mol. The third kappa shape index (κ3) is 4.84. The molecule has 1 saturated heterocycles. The van der Waals surface area contributed by atoms with Crippen molar-refractivity contribution in [1.29, 1.82) is 0 Å². The molecule has 0 aromatic heterocycles. The topological polar surface area (TPSA) is 24.5 Å². The van der Waals surface area contributed by atoms with E-state index in [-0.39, 0.29) is 0 Å². The van der Waals surface area contributed by atoms with E-state index in [0.717, 1.165) is 25.7 Å². The number of para-hydroxylation sites is 1. The normalized spacial score (nSPS) is 18.5. The van der Waals surface area contributed by atoms with Crippen LogP contribution < -0.4 is 5.32 Å². The van der Waals surface area contributed by atoms with E-state index < -0.39 is 0 Å². The van der Waals surface area contributed by atoms with Gasteiger partial charge in [-0.25, -0.2) is 0 Å². The van der Waals surface area contributed by atoms with Gasteiger partial charge in [-0.3, -0.25) is 0 Å². The van der Waals surface area contributed by atoms with Crippen LogP contribution in [0.5, 0.6) is 0 Å². The minimum absolute atomic E-state index is 0.544.